The van der Waals surface area contributed by atoms with Crippen molar-refractivity contribution in [3.8, 4) is 0 Å². The maximum absolute atomic E-state index is 5.50. The van der Waals surface area contributed by atoms with Gasteiger partial charge in [0.15, 0.2) is 0 Å². The Morgan fingerprint density at radius 2 is 2.07 bits per heavy atom. The maximum atomic E-state index is 5.50. The predicted molar refractivity (Wildman–Crippen MR) is 66.2 cm³/mol. The highest BCUT2D eigenvalue weighted by atomic mass is 28.2. The van der Waals surface area contributed by atoms with Crippen molar-refractivity contribution in [2.75, 3.05) is 32.8 Å². The second-order valence-electron chi connectivity index (χ2n) is 4.22. The van der Waals surface area contributed by atoms with Crippen molar-refractivity contribution < 1.29 is 9.16 Å². The van der Waals surface area contributed by atoms with Crippen LogP contribution in [-0.4, -0.2) is 54.3 Å². The summed E-state index contributed by atoms with van der Waals surface area (Å²) in [6, 6.07) is 0. The number of morpholine rings is 1. The van der Waals surface area contributed by atoms with Crippen molar-refractivity contribution in [3.63, 3.8) is 0 Å². The summed E-state index contributed by atoms with van der Waals surface area (Å²) >= 11 is 0. The summed E-state index contributed by atoms with van der Waals surface area (Å²) in [6.07, 6.45) is 5.55. The molecule has 1 unspecified atom stereocenters. The minimum atomic E-state index is 0.529. The fourth-order valence-corrected chi connectivity index (χ4v) is 2.59. The number of ether oxygens (including phenoxy) is 1. The second kappa shape index (κ2) is 8.27. The third kappa shape index (κ3) is 5.66. The first kappa shape index (κ1) is 13.2. The van der Waals surface area contributed by atoms with E-state index in [4.69, 9.17) is 9.16 Å². The van der Waals surface area contributed by atoms with Crippen LogP contribution < -0.4 is 0 Å². The molecule has 0 spiro atoms. The van der Waals surface area contributed by atoms with Crippen molar-refractivity contribution in [1.29, 1.82) is 0 Å². The first-order valence-electron chi connectivity index (χ1n) is 6.19. The van der Waals surface area contributed by atoms with Crippen molar-refractivity contribution in [3.05, 3.63) is 0 Å². The van der Waals surface area contributed by atoms with Crippen molar-refractivity contribution in [2.45, 2.75) is 38.7 Å². The maximum Gasteiger partial charge on any atom is 0.146 e. The van der Waals surface area contributed by atoms with Crippen LogP contribution in [0.15, 0.2) is 0 Å². The van der Waals surface area contributed by atoms with Crippen LogP contribution >= 0.6 is 0 Å². The first-order valence-corrected chi connectivity index (χ1v) is 7.01. The zero-order valence-electron chi connectivity index (χ0n) is 10.2. The number of rotatable bonds is 7. The van der Waals surface area contributed by atoms with Crippen LogP contribution in [0.2, 0.25) is 0 Å². The smallest absolute Gasteiger partial charge is 0.146 e. The van der Waals surface area contributed by atoms with Crippen LogP contribution in [0.25, 0.3) is 0 Å². The minimum Gasteiger partial charge on any atom is -0.425 e. The molecule has 1 aliphatic heterocycles. The third-order valence-electron chi connectivity index (χ3n) is 3.14. The Bertz CT molecular complexity index is 148. The van der Waals surface area contributed by atoms with E-state index in [2.05, 4.69) is 11.8 Å². The zero-order valence-corrected chi connectivity index (χ0v) is 12.2. The lowest BCUT2D eigenvalue weighted by Gasteiger charge is -2.26. The Morgan fingerprint density at radius 3 is 2.67 bits per heavy atom. The molecule has 0 amide bonds. The molecule has 0 aromatic carbocycles. The lowest BCUT2D eigenvalue weighted by atomic mass is 10.1. The number of unbranched alkanes of at least 4 members (excludes halogenated alkanes) is 1. The Kier molecular flexibility index (Phi) is 7.26. The third-order valence-corrected chi connectivity index (χ3v) is 3.81. The summed E-state index contributed by atoms with van der Waals surface area (Å²) in [7, 11) is 0.881. The zero-order chi connectivity index (χ0) is 10.9. The average molecular weight is 231 g/mol. The Morgan fingerprint density at radius 1 is 1.33 bits per heavy atom. The molecule has 1 heterocycles. The normalized spacial score (nSPS) is 20.6. The van der Waals surface area contributed by atoms with Crippen LogP contribution in [0.4, 0.5) is 0 Å². The van der Waals surface area contributed by atoms with E-state index >= 15 is 0 Å². The molecule has 1 atom stereocenters. The lowest BCUT2D eigenvalue weighted by molar-refractivity contribution is 0.0367. The van der Waals surface area contributed by atoms with Gasteiger partial charge in [-0.3, -0.25) is 4.90 Å². The van der Waals surface area contributed by atoms with Crippen LogP contribution in [0, 0.1) is 0 Å². The number of hydrogen-bond acceptors (Lipinski definition) is 3. The van der Waals surface area contributed by atoms with Gasteiger partial charge in [0.25, 0.3) is 0 Å². The molecule has 0 aromatic rings. The first-order chi connectivity index (χ1) is 7.36. The minimum absolute atomic E-state index is 0.529. The largest absolute Gasteiger partial charge is 0.425 e. The molecule has 0 aromatic heterocycles. The fraction of sp³-hybridized carbons (Fsp3) is 1.00. The highest BCUT2D eigenvalue weighted by Gasteiger charge is 2.09. The van der Waals surface area contributed by atoms with E-state index in [0.29, 0.717) is 6.10 Å². The predicted octanol–water partition coefficient (Wildman–Crippen LogP) is 0.564. The molecule has 0 bridgehead atoms. The SMILES string of the molecule is CCC(CCCCN1CCOCC1)O[SiH3]. The molecule has 0 radical (unpaired) electrons. The van der Waals surface area contributed by atoms with Gasteiger partial charge in [0.2, 0.25) is 0 Å². The van der Waals surface area contributed by atoms with E-state index in [0.717, 1.165) is 36.8 Å². The summed E-state index contributed by atoms with van der Waals surface area (Å²) in [5.41, 5.74) is 0. The molecule has 0 saturated carbocycles. The molecule has 0 aliphatic carbocycles. The van der Waals surface area contributed by atoms with Gasteiger partial charge < -0.3 is 9.16 Å². The highest BCUT2D eigenvalue weighted by molar-refractivity contribution is 5.98. The quantitative estimate of drug-likeness (QED) is 0.472. The Balaban J connectivity index is 1.95. The van der Waals surface area contributed by atoms with E-state index in [-0.39, 0.29) is 0 Å². The van der Waals surface area contributed by atoms with Gasteiger partial charge in [0.1, 0.15) is 10.5 Å². The van der Waals surface area contributed by atoms with Gasteiger partial charge >= 0.3 is 0 Å². The van der Waals surface area contributed by atoms with Gasteiger partial charge in [-0.1, -0.05) is 6.92 Å². The molecule has 15 heavy (non-hydrogen) atoms. The molecule has 1 aliphatic rings. The summed E-state index contributed by atoms with van der Waals surface area (Å²) in [5.74, 6) is 0. The van der Waals surface area contributed by atoms with Crippen LogP contribution in [0.3, 0.4) is 0 Å². The molecule has 0 N–H and O–H groups in total. The van der Waals surface area contributed by atoms with Crippen molar-refractivity contribution in [1.82, 2.24) is 4.90 Å². The standard InChI is InChI=1S/C11H25NO2Si/c1-2-11(14-15)5-3-4-6-12-7-9-13-10-8-12/h11H,2-10H2,1,15H3. The van der Waals surface area contributed by atoms with E-state index in [1.807, 2.05) is 0 Å². The number of nitrogens with zero attached hydrogens (tertiary/aromatic N) is 1. The molecular weight excluding hydrogens is 206 g/mol. The van der Waals surface area contributed by atoms with Crippen LogP contribution in [0.1, 0.15) is 32.6 Å². The molecule has 1 saturated heterocycles. The van der Waals surface area contributed by atoms with Crippen molar-refractivity contribution in [2.24, 2.45) is 0 Å². The van der Waals surface area contributed by atoms with Gasteiger partial charge in [0, 0.05) is 19.2 Å². The fourth-order valence-electron chi connectivity index (χ4n) is 2.02. The van der Waals surface area contributed by atoms with E-state index in [1.54, 1.807) is 0 Å². The number of hydrogen-bond donors (Lipinski definition) is 0. The summed E-state index contributed by atoms with van der Waals surface area (Å²) < 4.78 is 10.8. The second-order valence-corrected chi connectivity index (χ2v) is 4.69. The molecule has 3 nitrogen and oxygen atoms in total. The van der Waals surface area contributed by atoms with Gasteiger partial charge in [-0.15, -0.1) is 0 Å². The molecule has 1 fully saturated rings. The van der Waals surface area contributed by atoms with Gasteiger partial charge in [-0.05, 0) is 32.2 Å². The summed E-state index contributed by atoms with van der Waals surface area (Å²) in [5, 5.41) is 0. The van der Waals surface area contributed by atoms with Crippen LogP contribution in [-0.2, 0) is 9.16 Å². The molecule has 1 rings (SSSR count). The monoisotopic (exact) mass is 231 g/mol. The van der Waals surface area contributed by atoms with E-state index < -0.39 is 0 Å². The van der Waals surface area contributed by atoms with Gasteiger partial charge in [-0.2, -0.15) is 0 Å². The molecule has 4 heteroatoms. The Hall–Kier alpha value is 0.0969. The Labute approximate surface area is 96.7 Å². The topological polar surface area (TPSA) is 21.7 Å². The average Bonchev–Trinajstić information content (AvgIpc) is 2.31. The molecule has 90 valence electrons. The van der Waals surface area contributed by atoms with E-state index in [1.165, 1.54) is 32.2 Å². The highest BCUT2D eigenvalue weighted by Crippen LogP contribution is 2.08. The lowest BCUT2D eigenvalue weighted by Crippen LogP contribution is -2.36. The van der Waals surface area contributed by atoms with E-state index in [9.17, 15) is 0 Å². The summed E-state index contributed by atoms with van der Waals surface area (Å²) in [4.78, 5) is 2.51. The molecular formula is C11H25NO2Si. The summed E-state index contributed by atoms with van der Waals surface area (Å²) in [6.45, 7) is 7.52. The van der Waals surface area contributed by atoms with Gasteiger partial charge in [0.05, 0.1) is 13.2 Å². The van der Waals surface area contributed by atoms with Crippen LogP contribution in [0.5, 0.6) is 0 Å². The van der Waals surface area contributed by atoms with Crippen molar-refractivity contribution >= 4 is 10.5 Å². The van der Waals surface area contributed by atoms with Gasteiger partial charge in [-0.25, -0.2) is 0 Å².